The van der Waals surface area contributed by atoms with Crippen LogP contribution in [-0.2, 0) is 9.48 Å². The molecule has 2 aromatic rings. The summed E-state index contributed by atoms with van der Waals surface area (Å²) in [5.41, 5.74) is 3.38. The van der Waals surface area contributed by atoms with E-state index in [1.54, 1.807) is 0 Å². The molecule has 2 aliphatic rings. The summed E-state index contributed by atoms with van der Waals surface area (Å²) in [4.78, 5) is 14.5. The van der Waals surface area contributed by atoms with Gasteiger partial charge in [-0.3, -0.25) is 0 Å². The van der Waals surface area contributed by atoms with E-state index in [1.165, 1.54) is 25.0 Å². The van der Waals surface area contributed by atoms with E-state index in [4.69, 9.17) is 14.7 Å². The number of hydrogen-bond donors (Lipinski definition) is 1. The van der Waals surface area contributed by atoms with Crippen molar-refractivity contribution in [1.29, 1.82) is 0 Å². The summed E-state index contributed by atoms with van der Waals surface area (Å²) in [6, 6.07) is 10.7. The maximum absolute atomic E-state index is 5.55. The Morgan fingerprint density at radius 3 is 2.47 bits per heavy atom. The van der Waals surface area contributed by atoms with Crippen molar-refractivity contribution in [2.75, 3.05) is 70.0 Å². The highest BCUT2D eigenvalue weighted by atomic mass is 32.2. The maximum atomic E-state index is 5.55. The van der Waals surface area contributed by atoms with Gasteiger partial charge in [-0.1, -0.05) is 0 Å². The van der Waals surface area contributed by atoms with Gasteiger partial charge in [0.1, 0.15) is 5.82 Å². The standard InChI is InChI=1S/C23H33N5OS/c1-27(2)12-11-24-19-7-5-18(6-8-19)22-25-20(23(30-3)9-4-10-23)17-21(26-22)28-13-15-29-16-14-28/h5-8,17,24H,4,9-16H2,1-3H3. The number of morpholine rings is 1. The minimum absolute atomic E-state index is 0.145. The van der Waals surface area contributed by atoms with Crippen LogP contribution >= 0.6 is 11.8 Å². The van der Waals surface area contributed by atoms with E-state index >= 15 is 0 Å². The van der Waals surface area contributed by atoms with Crippen molar-refractivity contribution >= 4 is 23.3 Å². The highest BCUT2D eigenvalue weighted by Crippen LogP contribution is 2.51. The number of benzene rings is 1. The number of anilines is 2. The van der Waals surface area contributed by atoms with Crippen LogP contribution in [0.4, 0.5) is 11.5 Å². The molecule has 4 rings (SSSR count). The van der Waals surface area contributed by atoms with Crippen LogP contribution in [0.15, 0.2) is 30.3 Å². The molecule has 7 heteroatoms. The summed E-state index contributed by atoms with van der Waals surface area (Å²) >= 11 is 1.94. The molecular weight excluding hydrogens is 394 g/mol. The predicted molar refractivity (Wildman–Crippen MR) is 127 cm³/mol. The topological polar surface area (TPSA) is 53.5 Å². The molecule has 1 aliphatic heterocycles. The SMILES string of the molecule is CSC1(c2cc(N3CCOCC3)nc(-c3ccc(NCCN(C)C)cc3)n2)CCC1. The first kappa shape index (κ1) is 21.4. The zero-order chi connectivity index (χ0) is 21.0. The van der Waals surface area contributed by atoms with Crippen molar-refractivity contribution in [2.24, 2.45) is 0 Å². The highest BCUT2D eigenvalue weighted by Gasteiger charge is 2.40. The third kappa shape index (κ3) is 4.74. The fourth-order valence-electron chi connectivity index (χ4n) is 3.98. The van der Waals surface area contributed by atoms with Crippen molar-refractivity contribution in [3.63, 3.8) is 0 Å². The Morgan fingerprint density at radius 2 is 1.87 bits per heavy atom. The number of ether oxygens (including phenoxy) is 1. The molecule has 30 heavy (non-hydrogen) atoms. The molecule has 1 N–H and O–H groups in total. The highest BCUT2D eigenvalue weighted by molar-refractivity contribution is 7.99. The van der Waals surface area contributed by atoms with Crippen LogP contribution in [-0.4, -0.2) is 74.6 Å². The molecule has 1 saturated carbocycles. The van der Waals surface area contributed by atoms with Crippen LogP contribution in [0, 0.1) is 0 Å². The largest absolute Gasteiger partial charge is 0.384 e. The van der Waals surface area contributed by atoms with Gasteiger partial charge < -0.3 is 19.9 Å². The van der Waals surface area contributed by atoms with Crippen LogP contribution < -0.4 is 10.2 Å². The molecule has 2 heterocycles. The van der Waals surface area contributed by atoms with Gasteiger partial charge in [-0.25, -0.2) is 9.97 Å². The van der Waals surface area contributed by atoms with Gasteiger partial charge >= 0.3 is 0 Å². The van der Waals surface area contributed by atoms with Gasteiger partial charge in [0.15, 0.2) is 5.82 Å². The number of nitrogens with zero attached hydrogens (tertiary/aromatic N) is 4. The molecule has 162 valence electrons. The number of rotatable bonds is 8. The second-order valence-corrected chi connectivity index (χ2v) is 9.58. The number of hydrogen-bond acceptors (Lipinski definition) is 7. The Balaban J connectivity index is 1.61. The fraction of sp³-hybridized carbons (Fsp3) is 0.565. The summed E-state index contributed by atoms with van der Waals surface area (Å²) in [6.45, 7) is 5.22. The number of nitrogens with one attached hydrogen (secondary N) is 1. The predicted octanol–water partition coefficient (Wildman–Crippen LogP) is 3.70. The summed E-state index contributed by atoms with van der Waals surface area (Å²) < 4.78 is 5.69. The molecule has 1 aromatic carbocycles. The molecule has 0 spiro atoms. The van der Waals surface area contributed by atoms with Crippen LogP contribution in [0.1, 0.15) is 25.0 Å². The monoisotopic (exact) mass is 427 g/mol. The summed E-state index contributed by atoms with van der Waals surface area (Å²) in [5.74, 6) is 1.86. The molecule has 1 aliphatic carbocycles. The number of likely N-dealkylation sites (N-methyl/N-ethyl adjacent to an activating group) is 1. The summed E-state index contributed by atoms with van der Waals surface area (Å²) in [6.07, 6.45) is 5.88. The van der Waals surface area contributed by atoms with Gasteiger partial charge in [0.2, 0.25) is 0 Å². The summed E-state index contributed by atoms with van der Waals surface area (Å²) in [5, 5.41) is 3.47. The molecule has 0 amide bonds. The second-order valence-electron chi connectivity index (χ2n) is 8.39. The molecule has 0 atom stereocenters. The van der Waals surface area contributed by atoms with Crippen molar-refractivity contribution in [1.82, 2.24) is 14.9 Å². The second kappa shape index (κ2) is 9.54. The number of aromatic nitrogens is 2. The van der Waals surface area contributed by atoms with Gasteiger partial charge in [-0.15, -0.1) is 0 Å². The van der Waals surface area contributed by atoms with Crippen LogP contribution in [0.25, 0.3) is 11.4 Å². The van der Waals surface area contributed by atoms with Gasteiger partial charge in [-0.2, -0.15) is 11.8 Å². The Bertz CT molecular complexity index is 826. The van der Waals surface area contributed by atoms with Crippen LogP contribution in [0.2, 0.25) is 0 Å². The van der Waals surface area contributed by atoms with Crippen molar-refractivity contribution < 1.29 is 4.74 Å². The van der Waals surface area contributed by atoms with E-state index in [0.29, 0.717) is 0 Å². The zero-order valence-corrected chi connectivity index (χ0v) is 19.2. The molecule has 0 radical (unpaired) electrons. The maximum Gasteiger partial charge on any atom is 0.161 e. The van der Waals surface area contributed by atoms with Gasteiger partial charge in [0.05, 0.1) is 23.7 Å². The average Bonchev–Trinajstić information content (AvgIpc) is 2.74. The molecule has 1 saturated heterocycles. The van der Waals surface area contributed by atoms with E-state index in [2.05, 4.69) is 65.8 Å². The third-order valence-electron chi connectivity index (χ3n) is 6.10. The van der Waals surface area contributed by atoms with Crippen LogP contribution in [0.5, 0.6) is 0 Å². The molecule has 0 bridgehead atoms. The van der Waals surface area contributed by atoms with E-state index in [0.717, 1.165) is 62.3 Å². The van der Waals surface area contributed by atoms with Gasteiger partial charge in [0, 0.05) is 43.5 Å². The Hall–Kier alpha value is -1.83. The Labute approximate surface area is 184 Å². The minimum atomic E-state index is 0.145. The van der Waals surface area contributed by atoms with E-state index in [9.17, 15) is 0 Å². The first-order valence-corrected chi connectivity index (χ1v) is 12.1. The lowest BCUT2D eigenvalue weighted by Crippen LogP contribution is -2.38. The molecular formula is C23H33N5OS. The average molecular weight is 428 g/mol. The lowest BCUT2D eigenvalue weighted by Gasteiger charge is -2.40. The van der Waals surface area contributed by atoms with Crippen LogP contribution in [0.3, 0.4) is 0 Å². The fourth-order valence-corrected chi connectivity index (χ4v) is 4.99. The normalized spacial score (nSPS) is 18.3. The molecule has 1 aromatic heterocycles. The summed E-state index contributed by atoms with van der Waals surface area (Å²) in [7, 11) is 4.18. The smallest absolute Gasteiger partial charge is 0.161 e. The minimum Gasteiger partial charge on any atom is -0.384 e. The third-order valence-corrected chi connectivity index (χ3v) is 7.50. The van der Waals surface area contributed by atoms with Crippen molar-refractivity contribution in [3.05, 3.63) is 36.0 Å². The van der Waals surface area contributed by atoms with Gasteiger partial charge in [0.25, 0.3) is 0 Å². The van der Waals surface area contributed by atoms with E-state index < -0.39 is 0 Å². The zero-order valence-electron chi connectivity index (χ0n) is 18.4. The van der Waals surface area contributed by atoms with Gasteiger partial charge in [-0.05, 0) is 63.9 Å². The van der Waals surface area contributed by atoms with E-state index in [1.807, 2.05) is 11.8 Å². The van der Waals surface area contributed by atoms with E-state index in [-0.39, 0.29) is 4.75 Å². The first-order valence-electron chi connectivity index (χ1n) is 10.9. The quantitative estimate of drug-likeness (QED) is 0.689. The molecule has 6 nitrogen and oxygen atoms in total. The lowest BCUT2D eigenvalue weighted by molar-refractivity contribution is 0.122. The lowest BCUT2D eigenvalue weighted by atomic mass is 9.81. The Morgan fingerprint density at radius 1 is 1.13 bits per heavy atom. The van der Waals surface area contributed by atoms with Crippen molar-refractivity contribution in [3.8, 4) is 11.4 Å². The number of thioether (sulfide) groups is 1. The Kier molecular flexibility index (Phi) is 6.80. The first-order chi connectivity index (χ1) is 14.6. The molecule has 2 fully saturated rings. The molecule has 0 unspecified atom stereocenters. The van der Waals surface area contributed by atoms with Crippen molar-refractivity contribution in [2.45, 2.75) is 24.0 Å².